The average Bonchev–Trinajstić information content (AvgIpc) is 2.57. The Labute approximate surface area is 134 Å². The predicted molar refractivity (Wildman–Crippen MR) is 95.3 cm³/mol. The van der Waals surface area contributed by atoms with Crippen molar-refractivity contribution in [3.8, 4) is 0 Å². The van der Waals surface area contributed by atoms with Gasteiger partial charge in [-0.05, 0) is 30.3 Å². The van der Waals surface area contributed by atoms with Gasteiger partial charge in [0.15, 0.2) is 0 Å². The van der Waals surface area contributed by atoms with Gasteiger partial charge in [-0.1, -0.05) is 60.1 Å². The van der Waals surface area contributed by atoms with Gasteiger partial charge in [-0.15, -0.1) is 0 Å². The molecule has 0 heterocycles. The van der Waals surface area contributed by atoms with E-state index < -0.39 is 20.4 Å². The van der Waals surface area contributed by atoms with Crippen LogP contribution in [0.5, 0.6) is 0 Å². The topological polar surface area (TPSA) is 0 Å². The molecule has 0 unspecified atom stereocenters. The van der Waals surface area contributed by atoms with Crippen molar-refractivity contribution >= 4 is 36.3 Å². The highest BCUT2D eigenvalue weighted by Crippen LogP contribution is 2.32. The number of halogens is 3. The maximum atomic E-state index is 13.5. The first-order valence-corrected chi connectivity index (χ1v) is 8.84. The third-order valence-corrected chi connectivity index (χ3v) is 6.52. The van der Waals surface area contributed by atoms with Crippen molar-refractivity contribution in [1.29, 1.82) is 0 Å². The van der Waals surface area contributed by atoms with E-state index in [1.54, 1.807) is 12.1 Å². The highest BCUT2D eigenvalue weighted by Gasteiger charge is 2.35. The molecular formula is C18H15BF3P. The summed E-state index contributed by atoms with van der Waals surface area (Å²) >= 11 is 0. The van der Waals surface area contributed by atoms with Gasteiger partial charge in [-0.3, -0.25) is 0 Å². The van der Waals surface area contributed by atoms with Gasteiger partial charge in [-0.2, -0.15) is 0 Å². The van der Waals surface area contributed by atoms with Crippen molar-refractivity contribution in [2.75, 3.05) is 0 Å². The Kier molecular flexibility index (Phi) is 4.54. The van der Waals surface area contributed by atoms with E-state index in [0.29, 0.717) is 5.30 Å². The van der Waals surface area contributed by atoms with Crippen LogP contribution in [0.15, 0.2) is 84.9 Å². The molecule has 3 aromatic rings. The summed E-state index contributed by atoms with van der Waals surface area (Å²) in [4.78, 5) is 0. The zero-order valence-electron chi connectivity index (χ0n) is 12.3. The Morgan fingerprint density at radius 3 is 1.48 bits per heavy atom. The van der Waals surface area contributed by atoms with Gasteiger partial charge in [0.25, 0.3) is 0 Å². The molecule has 0 atom stereocenters. The summed E-state index contributed by atoms with van der Waals surface area (Å²) in [5.41, 5.74) is -0.478. The largest absolute Gasteiger partial charge is 0.513 e. The SMILES string of the molecule is F[B-](F)(F)c1ccccc1[PH+](c1ccccc1)c1ccccc1. The van der Waals surface area contributed by atoms with Crippen LogP contribution in [-0.2, 0) is 0 Å². The van der Waals surface area contributed by atoms with Crippen LogP contribution in [0.1, 0.15) is 0 Å². The zero-order chi connectivity index (χ0) is 16.3. The van der Waals surface area contributed by atoms with E-state index in [4.69, 9.17) is 0 Å². The molecule has 0 spiro atoms. The van der Waals surface area contributed by atoms with E-state index in [0.717, 1.165) is 10.6 Å². The fraction of sp³-hybridized carbons (Fsp3) is 0. The average molecular weight is 330 g/mol. The lowest BCUT2D eigenvalue weighted by molar-refractivity contribution is 0.501. The molecule has 0 N–H and O–H groups in total. The standard InChI is InChI=1S/C18H14BF3P/c20-19(21,22)17-13-7-8-14-18(17)23(15-9-3-1-4-10-15)16-11-5-2-6-12-16/h1-14H/q-1/p+1. The molecule has 5 heteroatoms. The summed E-state index contributed by atoms with van der Waals surface area (Å²) in [6, 6.07) is 24.9. The van der Waals surface area contributed by atoms with Gasteiger partial charge in [0.2, 0.25) is 0 Å². The molecule has 0 fully saturated rings. The van der Waals surface area contributed by atoms with E-state index >= 15 is 0 Å². The zero-order valence-corrected chi connectivity index (χ0v) is 13.3. The predicted octanol–water partition coefficient (Wildman–Crippen LogP) is 3.23. The molecule has 0 saturated carbocycles. The van der Waals surface area contributed by atoms with Crippen LogP contribution in [0, 0.1) is 0 Å². The lowest BCUT2D eigenvalue weighted by atomic mass is 9.80. The number of hydrogen-bond donors (Lipinski definition) is 0. The smallest absolute Gasteiger partial charge is 0.445 e. The first kappa shape index (κ1) is 15.8. The van der Waals surface area contributed by atoms with Crippen LogP contribution in [0.2, 0.25) is 0 Å². The van der Waals surface area contributed by atoms with Gasteiger partial charge < -0.3 is 12.9 Å². The molecule has 3 rings (SSSR count). The Balaban J connectivity index is 2.22. The fourth-order valence-electron chi connectivity index (χ4n) is 2.70. The Morgan fingerprint density at radius 2 is 1.00 bits per heavy atom. The summed E-state index contributed by atoms with van der Waals surface area (Å²) in [5.74, 6) is 0. The maximum Gasteiger partial charge on any atom is 0.513 e. The van der Waals surface area contributed by atoms with E-state index in [9.17, 15) is 12.9 Å². The van der Waals surface area contributed by atoms with Crippen LogP contribution in [0.4, 0.5) is 12.9 Å². The molecule has 0 aromatic heterocycles. The minimum Gasteiger partial charge on any atom is -0.445 e. The van der Waals surface area contributed by atoms with Crippen LogP contribution >= 0.6 is 7.92 Å². The first-order valence-electron chi connectivity index (χ1n) is 7.34. The highest BCUT2D eigenvalue weighted by atomic mass is 31.1. The minimum absolute atomic E-state index is 0.405. The Hall–Kier alpha value is -2.06. The second-order valence-electron chi connectivity index (χ2n) is 5.27. The molecule has 0 amide bonds. The monoisotopic (exact) mass is 330 g/mol. The number of hydrogen-bond acceptors (Lipinski definition) is 0. The van der Waals surface area contributed by atoms with Crippen molar-refractivity contribution in [3.63, 3.8) is 0 Å². The molecular weight excluding hydrogens is 315 g/mol. The third kappa shape index (κ3) is 3.48. The molecule has 0 aliphatic rings. The second kappa shape index (κ2) is 6.60. The van der Waals surface area contributed by atoms with Crippen LogP contribution in [0.3, 0.4) is 0 Å². The maximum absolute atomic E-state index is 13.5. The number of benzene rings is 3. The van der Waals surface area contributed by atoms with Crippen molar-refractivity contribution in [3.05, 3.63) is 84.9 Å². The molecule has 0 saturated heterocycles. The Morgan fingerprint density at radius 1 is 0.565 bits per heavy atom. The van der Waals surface area contributed by atoms with E-state index in [-0.39, 0.29) is 0 Å². The highest BCUT2D eigenvalue weighted by molar-refractivity contribution is 7.80. The van der Waals surface area contributed by atoms with Crippen molar-refractivity contribution in [2.24, 2.45) is 0 Å². The van der Waals surface area contributed by atoms with Crippen molar-refractivity contribution in [2.45, 2.75) is 0 Å². The summed E-state index contributed by atoms with van der Waals surface area (Å²) in [6.07, 6.45) is 0. The second-order valence-corrected chi connectivity index (χ2v) is 7.71. The van der Waals surface area contributed by atoms with Crippen LogP contribution in [-0.4, -0.2) is 6.98 Å². The minimum atomic E-state index is -5.04. The molecule has 3 aromatic carbocycles. The van der Waals surface area contributed by atoms with E-state index in [1.807, 2.05) is 60.7 Å². The van der Waals surface area contributed by atoms with Gasteiger partial charge in [0.05, 0.1) is 13.2 Å². The van der Waals surface area contributed by atoms with Crippen molar-refractivity contribution < 1.29 is 12.9 Å². The lowest BCUT2D eigenvalue weighted by Crippen LogP contribution is -2.45. The van der Waals surface area contributed by atoms with Gasteiger partial charge in [-0.25, -0.2) is 0 Å². The van der Waals surface area contributed by atoms with Crippen LogP contribution < -0.4 is 21.4 Å². The van der Waals surface area contributed by atoms with E-state index in [2.05, 4.69) is 0 Å². The molecule has 0 nitrogen and oxygen atoms in total. The normalized spacial score (nSPS) is 11.7. The van der Waals surface area contributed by atoms with E-state index in [1.165, 1.54) is 12.1 Å². The lowest BCUT2D eigenvalue weighted by Gasteiger charge is -2.20. The molecule has 23 heavy (non-hydrogen) atoms. The molecule has 0 aliphatic carbocycles. The third-order valence-electron chi connectivity index (χ3n) is 3.71. The molecule has 0 bridgehead atoms. The Bertz CT molecular complexity index is 734. The first-order chi connectivity index (χ1) is 11.1. The summed E-state index contributed by atoms with van der Waals surface area (Å²) < 4.78 is 40.6. The molecule has 0 aliphatic heterocycles. The quantitative estimate of drug-likeness (QED) is 0.509. The van der Waals surface area contributed by atoms with Crippen LogP contribution in [0.25, 0.3) is 0 Å². The van der Waals surface area contributed by atoms with Gasteiger partial charge in [0, 0.05) is 0 Å². The van der Waals surface area contributed by atoms with Gasteiger partial charge >= 0.3 is 6.98 Å². The molecule has 116 valence electrons. The summed E-state index contributed by atoms with van der Waals surface area (Å²) in [5, 5.41) is 2.31. The molecule has 0 radical (unpaired) electrons. The fourth-order valence-corrected chi connectivity index (χ4v) is 5.50. The summed E-state index contributed by atoms with van der Waals surface area (Å²) in [6.45, 7) is -5.04. The van der Waals surface area contributed by atoms with Crippen molar-refractivity contribution in [1.82, 2.24) is 0 Å². The van der Waals surface area contributed by atoms with Gasteiger partial charge in [0.1, 0.15) is 10.6 Å². The summed E-state index contributed by atoms with van der Waals surface area (Å²) in [7, 11) is -1.69. The number of rotatable bonds is 4.